The van der Waals surface area contributed by atoms with Crippen LogP contribution >= 0.6 is 23.2 Å². The van der Waals surface area contributed by atoms with Gasteiger partial charge in [0.1, 0.15) is 0 Å². The van der Waals surface area contributed by atoms with Crippen LogP contribution in [-0.4, -0.2) is 19.3 Å². The van der Waals surface area contributed by atoms with Gasteiger partial charge in [-0.15, -0.1) is 0 Å². The Morgan fingerprint density at radius 2 is 2.00 bits per heavy atom. The van der Waals surface area contributed by atoms with Crippen molar-refractivity contribution in [1.29, 1.82) is 0 Å². The lowest BCUT2D eigenvalue weighted by Crippen LogP contribution is -2.39. The van der Waals surface area contributed by atoms with E-state index in [2.05, 4.69) is 0 Å². The second kappa shape index (κ2) is 5.37. The molecule has 1 aromatic rings. The van der Waals surface area contributed by atoms with E-state index >= 15 is 0 Å². The predicted octanol–water partition coefficient (Wildman–Crippen LogP) is 2.90. The summed E-state index contributed by atoms with van der Waals surface area (Å²) in [6.07, 6.45) is 1.70. The molecule has 2 nitrogen and oxygen atoms in total. The summed E-state index contributed by atoms with van der Waals surface area (Å²) in [7, 11) is 0. The summed E-state index contributed by atoms with van der Waals surface area (Å²) >= 11 is 12.3. The van der Waals surface area contributed by atoms with Gasteiger partial charge in [0, 0.05) is 28.6 Å². The molecule has 0 radical (unpaired) electrons. The highest BCUT2D eigenvalue weighted by Crippen LogP contribution is 2.29. The lowest BCUT2D eigenvalue weighted by Gasteiger charge is -2.29. The van der Waals surface area contributed by atoms with E-state index in [1.807, 2.05) is 18.2 Å². The summed E-state index contributed by atoms with van der Waals surface area (Å²) in [5.41, 5.74) is 7.04. The van der Waals surface area contributed by atoms with E-state index in [4.69, 9.17) is 33.7 Å². The van der Waals surface area contributed by atoms with Crippen LogP contribution in [0.1, 0.15) is 12.0 Å². The summed E-state index contributed by atoms with van der Waals surface area (Å²) < 4.78 is 5.44. The smallest absolute Gasteiger partial charge is 0.0512 e. The van der Waals surface area contributed by atoms with Crippen LogP contribution in [0.4, 0.5) is 0 Å². The molecule has 1 saturated heterocycles. The molecule has 0 aromatic heterocycles. The lowest BCUT2D eigenvalue weighted by molar-refractivity contribution is 0.0422. The van der Waals surface area contributed by atoms with Gasteiger partial charge in [0.25, 0.3) is 0 Å². The number of ether oxygens (including phenoxy) is 1. The molecule has 1 aromatic carbocycles. The summed E-state index contributed by atoms with van der Waals surface area (Å²) in [4.78, 5) is 0. The Balaban J connectivity index is 2.13. The molecule has 0 bridgehead atoms. The maximum Gasteiger partial charge on any atom is 0.0512 e. The van der Waals surface area contributed by atoms with Crippen LogP contribution in [-0.2, 0) is 11.2 Å². The molecule has 1 aliphatic heterocycles. The third-order valence-electron chi connectivity index (χ3n) is 3.06. The Bertz CT molecular complexity index is 350. The molecule has 2 rings (SSSR count). The number of halogens is 2. The highest BCUT2D eigenvalue weighted by atomic mass is 35.5. The second-order valence-corrected chi connectivity index (χ2v) is 5.01. The van der Waals surface area contributed by atoms with Gasteiger partial charge in [-0.3, -0.25) is 0 Å². The van der Waals surface area contributed by atoms with Crippen molar-refractivity contribution in [2.24, 2.45) is 11.7 Å². The third-order valence-corrected chi connectivity index (χ3v) is 3.77. The molecular formula is C12H15Cl2NO. The van der Waals surface area contributed by atoms with Crippen molar-refractivity contribution in [2.75, 3.05) is 13.2 Å². The molecule has 88 valence electrons. The molecule has 0 spiro atoms. The van der Waals surface area contributed by atoms with E-state index < -0.39 is 0 Å². The number of rotatable bonds is 2. The van der Waals surface area contributed by atoms with Crippen molar-refractivity contribution in [3.8, 4) is 0 Å². The zero-order valence-corrected chi connectivity index (χ0v) is 10.5. The van der Waals surface area contributed by atoms with Crippen LogP contribution in [0.25, 0.3) is 0 Å². The van der Waals surface area contributed by atoms with Crippen molar-refractivity contribution in [1.82, 2.24) is 0 Å². The van der Waals surface area contributed by atoms with E-state index in [0.717, 1.165) is 25.0 Å². The van der Waals surface area contributed by atoms with Crippen LogP contribution in [0, 0.1) is 5.92 Å². The van der Waals surface area contributed by atoms with Gasteiger partial charge in [-0.1, -0.05) is 29.3 Å². The minimum Gasteiger partial charge on any atom is -0.381 e. The Kier molecular flexibility index (Phi) is 4.09. The lowest BCUT2D eigenvalue weighted by atomic mass is 9.90. The summed E-state index contributed by atoms with van der Waals surface area (Å²) in [6, 6.07) is 5.75. The van der Waals surface area contributed by atoms with Crippen LogP contribution < -0.4 is 5.73 Å². The predicted molar refractivity (Wildman–Crippen MR) is 67.1 cm³/mol. The fourth-order valence-electron chi connectivity index (χ4n) is 2.01. The molecule has 1 heterocycles. The van der Waals surface area contributed by atoms with E-state index in [-0.39, 0.29) is 6.04 Å². The number of nitrogens with two attached hydrogens (primary N) is 1. The molecule has 1 fully saturated rings. The number of hydrogen-bond donors (Lipinski definition) is 1. The molecule has 16 heavy (non-hydrogen) atoms. The molecule has 0 aliphatic carbocycles. The van der Waals surface area contributed by atoms with E-state index in [1.165, 1.54) is 0 Å². The van der Waals surface area contributed by atoms with Gasteiger partial charge in [0.05, 0.1) is 6.61 Å². The van der Waals surface area contributed by atoms with Gasteiger partial charge in [-0.2, -0.15) is 0 Å². The van der Waals surface area contributed by atoms with Crippen molar-refractivity contribution >= 4 is 23.2 Å². The minimum atomic E-state index is 0.182. The summed E-state index contributed by atoms with van der Waals surface area (Å²) in [6.45, 7) is 1.45. The zero-order valence-electron chi connectivity index (χ0n) is 8.96. The van der Waals surface area contributed by atoms with Gasteiger partial charge in [-0.25, -0.2) is 0 Å². The Labute approximate surface area is 106 Å². The van der Waals surface area contributed by atoms with Crippen LogP contribution in [0.5, 0.6) is 0 Å². The van der Waals surface area contributed by atoms with Crippen LogP contribution in [0.15, 0.2) is 18.2 Å². The monoisotopic (exact) mass is 259 g/mol. The number of benzene rings is 1. The normalized spacial score (nSPS) is 25.7. The molecule has 2 atom stereocenters. The number of hydrogen-bond acceptors (Lipinski definition) is 2. The first-order valence-corrected chi connectivity index (χ1v) is 6.20. The highest BCUT2D eigenvalue weighted by molar-refractivity contribution is 6.35. The standard InChI is InChI=1S/C12H15Cl2NO/c13-10-2-1-3-11(14)9(10)6-8-7-16-5-4-12(8)15/h1-3,8,12H,4-7,15H2. The van der Waals surface area contributed by atoms with Gasteiger partial charge in [0.15, 0.2) is 0 Å². The minimum absolute atomic E-state index is 0.182. The fraction of sp³-hybridized carbons (Fsp3) is 0.500. The fourth-order valence-corrected chi connectivity index (χ4v) is 2.57. The third kappa shape index (κ3) is 2.69. The SMILES string of the molecule is NC1CCOCC1Cc1c(Cl)cccc1Cl. The van der Waals surface area contributed by atoms with Crippen LogP contribution in [0.2, 0.25) is 10.0 Å². The quantitative estimate of drug-likeness (QED) is 0.887. The average molecular weight is 260 g/mol. The van der Waals surface area contributed by atoms with Crippen molar-refractivity contribution < 1.29 is 4.74 Å². The molecular weight excluding hydrogens is 245 g/mol. The van der Waals surface area contributed by atoms with Crippen molar-refractivity contribution in [3.05, 3.63) is 33.8 Å². The molecule has 4 heteroatoms. The Morgan fingerprint density at radius 1 is 1.31 bits per heavy atom. The van der Waals surface area contributed by atoms with Crippen molar-refractivity contribution in [2.45, 2.75) is 18.9 Å². The maximum atomic E-state index is 6.13. The first-order chi connectivity index (χ1) is 7.68. The Hall–Kier alpha value is -0.280. The van der Waals surface area contributed by atoms with Crippen molar-refractivity contribution in [3.63, 3.8) is 0 Å². The zero-order chi connectivity index (χ0) is 11.5. The molecule has 0 amide bonds. The molecule has 2 unspecified atom stereocenters. The van der Waals surface area contributed by atoms with E-state index in [9.17, 15) is 0 Å². The van der Waals surface area contributed by atoms with Gasteiger partial charge in [-0.05, 0) is 30.5 Å². The van der Waals surface area contributed by atoms with Gasteiger partial charge < -0.3 is 10.5 Å². The summed E-state index contributed by atoms with van der Waals surface area (Å²) in [5.74, 6) is 0.311. The van der Waals surface area contributed by atoms with E-state index in [0.29, 0.717) is 22.6 Å². The molecule has 0 saturated carbocycles. The second-order valence-electron chi connectivity index (χ2n) is 4.19. The molecule has 1 aliphatic rings. The van der Waals surface area contributed by atoms with Gasteiger partial charge in [0.2, 0.25) is 0 Å². The molecule has 2 N–H and O–H groups in total. The average Bonchev–Trinajstić information content (AvgIpc) is 2.26. The first-order valence-electron chi connectivity index (χ1n) is 5.44. The van der Waals surface area contributed by atoms with E-state index in [1.54, 1.807) is 0 Å². The maximum absolute atomic E-state index is 6.13. The topological polar surface area (TPSA) is 35.2 Å². The highest BCUT2D eigenvalue weighted by Gasteiger charge is 2.24. The van der Waals surface area contributed by atoms with Gasteiger partial charge >= 0.3 is 0 Å². The largest absolute Gasteiger partial charge is 0.381 e. The first kappa shape index (κ1) is 12.2. The Morgan fingerprint density at radius 3 is 2.62 bits per heavy atom. The van der Waals surface area contributed by atoms with Crippen LogP contribution in [0.3, 0.4) is 0 Å². The summed E-state index contributed by atoms with van der Waals surface area (Å²) in [5, 5.41) is 1.43.